The highest BCUT2D eigenvalue weighted by Gasteiger charge is 2.28. The van der Waals surface area contributed by atoms with Crippen LogP contribution in [0.5, 0.6) is 0 Å². The lowest BCUT2D eigenvalue weighted by molar-refractivity contribution is 0.324. The fraction of sp³-hybridized carbons (Fsp3) is 0.500. The van der Waals surface area contributed by atoms with Crippen molar-refractivity contribution in [2.24, 2.45) is 5.92 Å². The third-order valence-electron chi connectivity index (χ3n) is 2.73. The summed E-state index contributed by atoms with van der Waals surface area (Å²) in [5.41, 5.74) is 0. The SMILES string of the molecule is O=S(=O)(NCC1CC(Cl)C1)c1cncc(Br)c1. The van der Waals surface area contributed by atoms with Crippen LogP contribution in [0.1, 0.15) is 12.8 Å². The topological polar surface area (TPSA) is 59.1 Å². The van der Waals surface area contributed by atoms with Crippen molar-refractivity contribution in [2.45, 2.75) is 23.1 Å². The molecule has 0 unspecified atom stereocenters. The van der Waals surface area contributed by atoms with Gasteiger partial charge in [-0.25, -0.2) is 13.1 Å². The van der Waals surface area contributed by atoms with E-state index in [0.717, 1.165) is 12.8 Å². The summed E-state index contributed by atoms with van der Waals surface area (Å²) >= 11 is 9.03. The highest BCUT2D eigenvalue weighted by molar-refractivity contribution is 9.10. The van der Waals surface area contributed by atoms with E-state index < -0.39 is 10.0 Å². The molecule has 0 bridgehead atoms. The van der Waals surface area contributed by atoms with Crippen molar-refractivity contribution >= 4 is 37.6 Å². The van der Waals surface area contributed by atoms with Gasteiger partial charge in [0.2, 0.25) is 10.0 Å². The number of alkyl halides is 1. The molecular formula is C10H12BrClN2O2S. The molecule has 1 aromatic heterocycles. The Morgan fingerprint density at radius 1 is 1.47 bits per heavy atom. The van der Waals surface area contributed by atoms with Gasteiger partial charge in [-0.15, -0.1) is 11.6 Å². The van der Waals surface area contributed by atoms with Crippen molar-refractivity contribution in [1.29, 1.82) is 0 Å². The first-order valence-electron chi connectivity index (χ1n) is 5.21. The molecule has 94 valence electrons. The van der Waals surface area contributed by atoms with Gasteiger partial charge in [0.25, 0.3) is 0 Å². The Bertz CT molecular complexity index is 503. The first-order chi connectivity index (χ1) is 7.97. The van der Waals surface area contributed by atoms with E-state index in [1.54, 1.807) is 6.20 Å². The summed E-state index contributed by atoms with van der Waals surface area (Å²) in [5.74, 6) is 0.354. The average molecular weight is 340 g/mol. The normalized spacial score (nSPS) is 24.4. The molecule has 1 N–H and O–H groups in total. The Hall–Kier alpha value is -0.170. The zero-order valence-corrected chi connectivity index (χ0v) is 12.1. The zero-order chi connectivity index (χ0) is 12.5. The zero-order valence-electron chi connectivity index (χ0n) is 8.94. The molecule has 1 aromatic rings. The highest BCUT2D eigenvalue weighted by atomic mass is 79.9. The van der Waals surface area contributed by atoms with Crippen LogP contribution >= 0.6 is 27.5 Å². The summed E-state index contributed by atoms with van der Waals surface area (Å²) in [7, 11) is -3.46. The van der Waals surface area contributed by atoms with Crippen LogP contribution in [0.3, 0.4) is 0 Å². The second kappa shape index (κ2) is 5.22. The molecule has 4 nitrogen and oxygen atoms in total. The molecule has 1 heterocycles. The number of rotatable bonds is 4. The minimum atomic E-state index is -3.46. The van der Waals surface area contributed by atoms with Crippen LogP contribution in [0.15, 0.2) is 27.8 Å². The molecule has 2 rings (SSSR count). The van der Waals surface area contributed by atoms with E-state index in [0.29, 0.717) is 16.9 Å². The van der Waals surface area contributed by atoms with Gasteiger partial charge in [0, 0.05) is 28.8 Å². The predicted molar refractivity (Wildman–Crippen MR) is 69.5 cm³/mol. The van der Waals surface area contributed by atoms with Crippen molar-refractivity contribution in [2.75, 3.05) is 6.54 Å². The summed E-state index contributed by atoms with van der Waals surface area (Å²) in [6.07, 6.45) is 4.63. The van der Waals surface area contributed by atoms with E-state index in [4.69, 9.17) is 11.6 Å². The van der Waals surface area contributed by atoms with Crippen LogP contribution in [0.2, 0.25) is 0 Å². The van der Waals surface area contributed by atoms with Crippen molar-refractivity contribution < 1.29 is 8.42 Å². The molecule has 0 saturated heterocycles. The van der Waals surface area contributed by atoms with Crippen molar-refractivity contribution in [3.8, 4) is 0 Å². The Balaban J connectivity index is 1.99. The Kier molecular flexibility index (Phi) is 4.07. The number of sulfonamides is 1. The first kappa shape index (κ1) is 13.3. The fourth-order valence-electron chi connectivity index (χ4n) is 1.67. The number of halogens is 2. The Morgan fingerprint density at radius 2 is 2.18 bits per heavy atom. The van der Waals surface area contributed by atoms with E-state index in [1.807, 2.05) is 0 Å². The summed E-state index contributed by atoms with van der Waals surface area (Å²) in [6, 6.07) is 1.53. The van der Waals surface area contributed by atoms with E-state index in [-0.39, 0.29) is 10.3 Å². The average Bonchev–Trinajstić information content (AvgIpc) is 2.23. The second-order valence-electron chi connectivity index (χ2n) is 4.13. The third-order valence-corrected chi connectivity index (χ3v) is 4.91. The summed E-state index contributed by atoms with van der Waals surface area (Å²) in [4.78, 5) is 4.01. The van der Waals surface area contributed by atoms with E-state index in [2.05, 4.69) is 25.6 Å². The maximum Gasteiger partial charge on any atom is 0.242 e. The molecule has 17 heavy (non-hydrogen) atoms. The molecular weight excluding hydrogens is 328 g/mol. The summed E-state index contributed by atoms with van der Waals surface area (Å²) < 4.78 is 27.0. The van der Waals surface area contributed by atoms with Crippen molar-refractivity contribution in [3.63, 3.8) is 0 Å². The molecule has 1 fully saturated rings. The standard InChI is InChI=1S/C10H12BrClN2O2S/c11-8-3-10(6-13-5-8)17(15,16)14-4-7-1-9(12)2-7/h3,5-7,9,14H,1-2,4H2. The number of pyridine rings is 1. The summed E-state index contributed by atoms with van der Waals surface area (Å²) in [5, 5.41) is 0.206. The molecule has 0 aliphatic heterocycles. The number of hydrogen-bond acceptors (Lipinski definition) is 3. The van der Waals surface area contributed by atoms with Gasteiger partial charge in [0.05, 0.1) is 0 Å². The van der Waals surface area contributed by atoms with Gasteiger partial charge in [-0.05, 0) is 40.8 Å². The maximum absolute atomic E-state index is 11.9. The summed E-state index contributed by atoms with van der Waals surface area (Å²) in [6.45, 7) is 0.443. The third kappa shape index (κ3) is 3.40. The largest absolute Gasteiger partial charge is 0.262 e. The van der Waals surface area contributed by atoms with Gasteiger partial charge < -0.3 is 0 Å². The van der Waals surface area contributed by atoms with Gasteiger partial charge >= 0.3 is 0 Å². The van der Waals surface area contributed by atoms with Crippen LogP contribution in [-0.2, 0) is 10.0 Å². The minimum absolute atomic E-state index is 0.175. The number of nitrogens with zero attached hydrogens (tertiary/aromatic N) is 1. The van der Waals surface area contributed by atoms with Gasteiger partial charge in [-0.2, -0.15) is 0 Å². The monoisotopic (exact) mass is 338 g/mol. The van der Waals surface area contributed by atoms with Crippen LogP contribution in [0.4, 0.5) is 0 Å². The van der Waals surface area contributed by atoms with Crippen LogP contribution < -0.4 is 4.72 Å². The number of aromatic nitrogens is 1. The van der Waals surface area contributed by atoms with Gasteiger partial charge in [-0.1, -0.05) is 0 Å². The molecule has 0 spiro atoms. The van der Waals surface area contributed by atoms with Crippen LogP contribution in [-0.4, -0.2) is 25.3 Å². The first-order valence-corrected chi connectivity index (χ1v) is 7.93. The lowest BCUT2D eigenvalue weighted by Crippen LogP contribution is -2.36. The number of hydrogen-bond donors (Lipinski definition) is 1. The van der Waals surface area contributed by atoms with E-state index >= 15 is 0 Å². The lowest BCUT2D eigenvalue weighted by atomic mass is 9.85. The van der Waals surface area contributed by atoms with Crippen LogP contribution in [0, 0.1) is 5.92 Å². The minimum Gasteiger partial charge on any atom is -0.262 e. The molecule has 1 aliphatic rings. The van der Waals surface area contributed by atoms with Gasteiger partial charge in [0.15, 0.2) is 0 Å². The number of nitrogens with one attached hydrogen (secondary N) is 1. The Morgan fingerprint density at radius 3 is 2.76 bits per heavy atom. The fourth-order valence-corrected chi connectivity index (χ4v) is 3.80. The smallest absolute Gasteiger partial charge is 0.242 e. The molecule has 7 heteroatoms. The van der Waals surface area contributed by atoms with E-state index in [9.17, 15) is 8.42 Å². The van der Waals surface area contributed by atoms with E-state index in [1.165, 1.54) is 12.3 Å². The molecule has 1 saturated carbocycles. The second-order valence-corrected chi connectivity index (χ2v) is 7.43. The molecule has 0 radical (unpaired) electrons. The Labute approximate surface area is 114 Å². The van der Waals surface area contributed by atoms with Gasteiger partial charge in [0.1, 0.15) is 4.90 Å². The molecule has 0 aromatic carbocycles. The lowest BCUT2D eigenvalue weighted by Gasteiger charge is -2.30. The molecule has 1 aliphatic carbocycles. The van der Waals surface area contributed by atoms with Crippen molar-refractivity contribution in [1.82, 2.24) is 9.71 Å². The van der Waals surface area contributed by atoms with Gasteiger partial charge in [-0.3, -0.25) is 4.98 Å². The molecule has 0 amide bonds. The van der Waals surface area contributed by atoms with Crippen molar-refractivity contribution in [3.05, 3.63) is 22.9 Å². The highest BCUT2D eigenvalue weighted by Crippen LogP contribution is 2.31. The predicted octanol–water partition coefficient (Wildman–Crippen LogP) is 2.14. The van der Waals surface area contributed by atoms with Crippen LogP contribution in [0.25, 0.3) is 0 Å². The maximum atomic E-state index is 11.9. The quantitative estimate of drug-likeness (QED) is 0.855. The molecule has 0 atom stereocenters.